The highest BCUT2D eigenvalue weighted by atomic mass is 19.1. The van der Waals surface area contributed by atoms with Crippen molar-refractivity contribution in [2.24, 2.45) is 0 Å². The summed E-state index contributed by atoms with van der Waals surface area (Å²) in [4.78, 5) is 19.2. The van der Waals surface area contributed by atoms with Gasteiger partial charge in [-0.05, 0) is 50.1 Å². The third-order valence-corrected chi connectivity index (χ3v) is 5.66. The Morgan fingerprint density at radius 1 is 1.21 bits per heavy atom. The van der Waals surface area contributed by atoms with Gasteiger partial charge in [0.25, 0.3) is 5.89 Å². The van der Waals surface area contributed by atoms with Gasteiger partial charge in [0.2, 0.25) is 5.82 Å². The Labute approximate surface area is 197 Å². The van der Waals surface area contributed by atoms with Crippen molar-refractivity contribution in [3.05, 3.63) is 71.5 Å². The molecule has 1 aliphatic rings. The van der Waals surface area contributed by atoms with Gasteiger partial charge in [-0.3, -0.25) is 4.90 Å². The Morgan fingerprint density at radius 3 is 2.71 bits per heavy atom. The number of urea groups is 1. The van der Waals surface area contributed by atoms with Crippen molar-refractivity contribution in [3.63, 3.8) is 0 Å². The van der Waals surface area contributed by atoms with Crippen molar-refractivity contribution in [2.45, 2.75) is 26.3 Å². The molecule has 0 saturated heterocycles. The Bertz CT molecular complexity index is 1180. The minimum absolute atomic E-state index is 0.219. The van der Waals surface area contributed by atoms with Gasteiger partial charge in [-0.2, -0.15) is 4.98 Å². The number of nitrogens with zero attached hydrogens (tertiary/aromatic N) is 3. The molecule has 178 valence electrons. The van der Waals surface area contributed by atoms with E-state index in [1.807, 2.05) is 38.1 Å². The van der Waals surface area contributed by atoms with Crippen LogP contribution < -0.4 is 10.1 Å². The van der Waals surface area contributed by atoms with Crippen LogP contribution in [0.15, 0.2) is 58.8 Å². The van der Waals surface area contributed by atoms with E-state index in [-0.39, 0.29) is 23.6 Å². The number of amides is 2. The first-order chi connectivity index (χ1) is 16.5. The number of methoxy groups -OCH3 is 1. The quantitative estimate of drug-likeness (QED) is 0.455. The molecule has 2 amide bonds. The smallest absolute Gasteiger partial charge is 0.322 e. The minimum atomic E-state index is -0.512. The van der Waals surface area contributed by atoms with E-state index in [1.165, 1.54) is 12.1 Å². The molecule has 1 atom stereocenters. The number of rotatable bonds is 9. The Balaban J connectivity index is 1.73. The fourth-order valence-electron chi connectivity index (χ4n) is 3.92. The van der Waals surface area contributed by atoms with E-state index in [2.05, 4.69) is 15.5 Å². The van der Waals surface area contributed by atoms with Crippen molar-refractivity contribution in [3.8, 4) is 17.1 Å². The predicted molar refractivity (Wildman–Crippen MR) is 124 cm³/mol. The van der Waals surface area contributed by atoms with E-state index in [4.69, 9.17) is 14.0 Å². The number of aromatic nitrogens is 2. The second-order valence-corrected chi connectivity index (χ2v) is 7.79. The molecule has 0 spiro atoms. The van der Waals surface area contributed by atoms with Crippen LogP contribution in [0, 0.1) is 5.82 Å². The van der Waals surface area contributed by atoms with Crippen LogP contribution in [0.2, 0.25) is 0 Å². The summed E-state index contributed by atoms with van der Waals surface area (Å²) < 4.78 is 30.0. The number of halogens is 1. The highest BCUT2D eigenvalue weighted by Gasteiger charge is 2.35. The van der Waals surface area contributed by atoms with Gasteiger partial charge in [0.15, 0.2) is 0 Å². The molecule has 3 aromatic rings. The maximum Gasteiger partial charge on any atom is 0.322 e. The Kier molecular flexibility index (Phi) is 7.22. The summed E-state index contributed by atoms with van der Waals surface area (Å²) in [5.74, 6) is 0.841. The number of carbonyl (C=O) groups excluding carboxylic acids is 1. The standard InChI is InChI=1S/C25H27FN4O4/c1-4-33-14-6-13-30-16(2)21(22(27-25(30)31)17-9-11-20(32-3)12-10-17)24-28-23(29-34-24)18-7-5-8-19(26)15-18/h5,7-12,15,22H,4,6,13-14H2,1-3H3,(H,27,31). The highest BCUT2D eigenvalue weighted by Crippen LogP contribution is 2.37. The third kappa shape index (κ3) is 4.94. The van der Waals surface area contributed by atoms with E-state index < -0.39 is 6.04 Å². The van der Waals surface area contributed by atoms with Crippen LogP contribution in [-0.2, 0) is 4.74 Å². The average Bonchev–Trinajstić information content (AvgIpc) is 3.33. The largest absolute Gasteiger partial charge is 0.497 e. The number of hydrogen-bond donors (Lipinski definition) is 1. The zero-order valence-electron chi connectivity index (χ0n) is 19.4. The summed E-state index contributed by atoms with van der Waals surface area (Å²) in [6.07, 6.45) is 0.678. The molecule has 1 aliphatic heterocycles. The van der Waals surface area contributed by atoms with E-state index in [9.17, 15) is 9.18 Å². The van der Waals surface area contributed by atoms with Gasteiger partial charge >= 0.3 is 6.03 Å². The van der Waals surface area contributed by atoms with Crippen LogP contribution in [0.3, 0.4) is 0 Å². The predicted octanol–water partition coefficient (Wildman–Crippen LogP) is 4.81. The van der Waals surface area contributed by atoms with Gasteiger partial charge in [-0.1, -0.05) is 29.4 Å². The molecule has 9 heteroatoms. The normalized spacial score (nSPS) is 16.1. The molecular weight excluding hydrogens is 439 g/mol. The topological polar surface area (TPSA) is 89.7 Å². The first-order valence-electron chi connectivity index (χ1n) is 11.1. The molecule has 1 aromatic heterocycles. The van der Waals surface area contributed by atoms with Gasteiger partial charge in [-0.15, -0.1) is 0 Å². The molecule has 0 saturated carbocycles. The van der Waals surface area contributed by atoms with E-state index in [0.29, 0.717) is 48.8 Å². The Morgan fingerprint density at radius 2 is 2.00 bits per heavy atom. The molecule has 8 nitrogen and oxygen atoms in total. The molecule has 0 fully saturated rings. The zero-order chi connectivity index (χ0) is 24.1. The van der Waals surface area contributed by atoms with Crippen molar-refractivity contribution in [1.29, 1.82) is 0 Å². The molecule has 2 heterocycles. The van der Waals surface area contributed by atoms with Gasteiger partial charge in [0.05, 0.1) is 18.7 Å². The fourth-order valence-corrected chi connectivity index (χ4v) is 3.92. The summed E-state index contributed by atoms with van der Waals surface area (Å²) >= 11 is 0. The van der Waals surface area contributed by atoms with E-state index in [1.54, 1.807) is 24.1 Å². The number of hydrogen-bond acceptors (Lipinski definition) is 6. The average molecular weight is 467 g/mol. The van der Waals surface area contributed by atoms with Crippen molar-refractivity contribution < 1.29 is 23.2 Å². The molecule has 34 heavy (non-hydrogen) atoms. The van der Waals surface area contributed by atoms with Gasteiger partial charge in [-0.25, -0.2) is 9.18 Å². The molecule has 0 radical (unpaired) electrons. The Hall–Kier alpha value is -3.72. The first-order valence-corrected chi connectivity index (χ1v) is 11.1. The second-order valence-electron chi connectivity index (χ2n) is 7.79. The molecule has 1 unspecified atom stereocenters. The number of carbonyl (C=O) groups is 1. The molecular formula is C25H27FN4O4. The highest BCUT2D eigenvalue weighted by molar-refractivity contribution is 5.86. The second kappa shape index (κ2) is 10.5. The molecule has 1 N–H and O–H groups in total. The molecule has 0 aliphatic carbocycles. The summed E-state index contributed by atoms with van der Waals surface area (Å²) in [7, 11) is 1.60. The lowest BCUT2D eigenvalue weighted by molar-refractivity contribution is 0.136. The number of nitrogens with one attached hydrogen (secondary N) is 1. The maximum atomic E-state index is 13.7. The summed E-state index contributed by atoms with van der Waals surface area (Å²) in [5, 5.41) is 7.12. The fraction of sp³-hybridized carbons (Fsp3) is 0.320. The minimum Gasteiger partial charge on any atom is -0.497 e. The summed E-state index contributed by atoms with van der Waals surface area (Å²) in [6.45, 7) is 5.44. The maximum absolute atomic E-state index is 13.7. The van der Waals surface area contributed by atoms with Gasteiger partial charge < -0.3 is 19.3 Å². The van der Waals surface area contributed by atoms with Crippen LogP contribution in [0.4, 0.5) is 9.18 Å². The van der Waals surface area contributed by atoms with Crippen LogP contribution >= 0.6 is 0 Å². The van der Waals surface area contributed by atoms with Crippen LogP contribution in [0.5, 0.6) is 5.75 Å². The van der Waals surface area contributed by atoms with Crippen LogP contribution in [0.1, 0.15) is 37.8 Å². The lowest BCUT2D eigenvalue weighted by Gasteiger charge is -2.35. The third-order valence-electron chi connectivity index (χ3n) is 5.66. The van der Waals surface area contributed by atoms with E-state index >= 15 is 0 Å². The monoisotopic (exact) mass is 466 g/mol. The lowest BCUT2D eigenvalue weighted by Crippen LogP contribution is -2.46. The van der Waals surface area contributed by atoms with Gasteiger partial charge in [0.1, 0.15) is 11.6 Å². The zero-order valence-corrected chi connectivity index (χ0v) is 19.4. The van der Waals surface area contributed by atoms with Gasteiger partial charge in [0, 0.05) is 31.0 Å². The summed E-state index contributed by atoms with van der Waals surface area (Å²) in [5.41, 5.74) is 2.72. The number of benzene rings is 2. The number of ether oxygens (including phenoxy) is 2. The van der Waals surface area contributed by atoms with Crippen molar-refractivity contribution in [1.82, 2.24) is 20.4 Å². The number of allylic oxidation sites excluding steroid dienone is 1. The van der Waals surface area contributed by atoms with Crippen LogP contribution in [0.25, 0.3) is 17.0 Å². The van der Waals surface area contributed by atoms with Crippen molar-refractivity contribution >= 4 is 11.6 Å². The van der Waals surface area contributed by atoms with Crippen molar-refractivity contribution in [2.75, 3.05) is 26.9 Å². The van der Waals surface area contributed by atoms with Crippen LogP contribution in [-0.4, -0.2) is 47.9 Å². The first kappa shape index (κ1) is 23.4. The lowest BCUT2D eigenvalue weighted by atomic mass is 9.94. The molecule has 2 aromatic carbocycles. The molecule has 0 bridgehead atoms. The van der Waals surface area contributed by atoms with E-state index in [0.717, 1.165) is 5.56 Å². The molecule has 4 rings (SSSR count). The SMILES string of the molecule is CCOCCCN1C(=O)NC(c2ccc(OC)cc2)C(c2nc(-c3cccc(F)c3)no2)=C1C. The summed E-state index contributed by atoms with van der Waals surface area (Å²) in [6, 6.07) is 12.7.